The number of hydrogen-bond acceptors (Lipinski definition) is 5. The number of ether oxygens (including phenoxy) is 1. The predicted octanol–water partition coefficient (Wildman–Crippen LogP) is 4.25. The number of amides is 1. The van der Waals surface area contributed by atoms with Gasteiger partial charge in [0.1, 0.15) is 5.75 Å². The summed E-state index contributed by atoms with van der Waals surface area (Å²) in [6, 6.07) is 13.8. The molecule has 2 saturated heterocycles. The van der Waals surface area contributed by atoms with E-state index in [1.165, 1.54) is 12.8 Å². The lowest BCUT2D eigenvalue weighted by molar-refractivity contribution is -0.132. The Labute approximate surface area is 206 Å². The van der Waals surface area contributed by atoms with Gasteiger partial charge in [0.2, 0.25) is 5.91 Å². The molecule has 0 aromatic heterocycles. The van der Waals surface area contributed by atoms with E-state index in [4.69, 9.17) is 27.9 Å². The van der Waals surface area contributed by atoms with Gasteiger partial charge in [0.05, 0.1) is 29.7 Å². The fourth-order valence-corrected chi connectivity index (χ4v) is 5.04. The average molecular weight is 491 g/mol. The Kier molecular flexibility index (Phi) is 7.89. The summed E-state index contributed by atoms with van der Waals surface area (Å²) >= 11 is 12.2. The van der Waals surface area contributed by atoms with Gasteiger partial charge in [-0.3, -0.25) is 4.79 Å². The first-order valence-electron chi connectivity index (χ1n) is 11.5. The third kappa shape index (κ3) is 5.86. The van der Waals surface area contributed by atoms with Crippen molar-refractivity contribution in [2.45, 2.75) is 18.9 Å². The zero-order valence-corrected chi connectivity index (χ0v) is 20.9. The third-order valence-corrected chi connectivity index (χ3v) is 7.34. The number of piperazine rings is 1. The number of nitrogens with zero attached hydrogens (tertiary/aromatic N) is 4. The molecule has 2 aromatic rings. The van der Waals surface area contributed by atoms with Crippen molar-refractivity contribution in [3.8, 4) is 5.75 Å². The lowest BCUT2D eigenvalue weighted by Gasteiger charge is -2.44. The zero-order valence-electron chi connectivity index (χ0n) is 19.3. The van der Waals surface area contributed by atoms with Crippen molar-refractivity contribution >= 4 is 40.5 Å². The van der Waals surface area contributed by atoms with Gasteiger partial charge in [-0.05, 0) is 56.3 Å². The third-order valence-electron chi connectivity index (χ3n) is 6.61. The lowest BCUT2D eigenvalue weighted by Crippen LogP contribution is -2.60. The fraction of sp³-hybridized carbons (Fsp3) is 0.480. The Morgan fingerprint density at radius 1 is 1.06 bits per heavy atom. The van der Waals surface area contributed by atoms with Gasteiger partial charge in [-0.25, -0.2) is 0 Å². The SMILES string of the molecule is COc1cccc(N2CCN(C(=O)CN(C)c3ccc(Cl)c(Cl)c3)C(CN3CCCC3)C2)c1. The van der Waals surface area contributed by atoms with E-state index in [9.17, 15) is 4.79 Å². The summed E-state index contributed by atoms with van der Waals surface area (Å²) in [5.41, 5.74) is 2.02. The molecule has 0 N–H and O–H groups in total. The van der Waals surface area contributed by atoms with Crippen LogP contribution in [0.15, 0.2) is 42.5 Å². The quantitative estimate of drug-likeness (QED) is 0.579. The van der Waals surface area contributed by atoms with Crippen LogP contribution in [0, 0.1) is 0 Å². The van der Waals surface area contributed by atoms with E-state index in [-0.39, 0.29) is 11.9 Å². The highest BCUT2D eigenvalue weighted by Crippen LogP contribution is 2.28. The van der Waals surface area contributed by atoms with E-state index < -0.39 is 0 Å². The highest BCUT2D eigenvalue weighted by Gasteiger charge is 2.33. The number of methoxy groups -OCH3 is 1. The molecule has 6 nitrogen and oxygen atoms in total. The minimum Gasteiger partial charge on any atom is -0.497 e. The smallest absolute Gasteiger partial charge is 0.242 e. The van der Waals surface area contributed by atoms with E-state index in [0.29, 0.717) is 23.1 Å². The molecule has 33 heavy (non-hydrogen) atoms. The molecule has 1 unspecified atom stereocenters. The average Bonchev–Trinajstić information content (AvgIpc) is 3.33. The van der Waals surface area contributed by atoms with Gasteiger partial charge in [-0.1, -0.05) is 29.3 Å². The molecule has 0 saturated carbocycles. The fourth-order valence-electron chi connectivity index (χ4n) is 4.75. The summed E-state index contributed by atoms with van der Waals surface area (Å²) in [6.45, 7) is 5.74. The lowest BCUT2D eigenvalue weighted by atomic mass is 10.1. The molecule has 2 aliphatic heterocycles. The number of benzene rings is 2. The summed E-state index contributed by atoms with van der Waals surface area (Å²) in [6.07, 6.45) is 2.47. The number of anilines is 2. The van der Waals surface area contributed by atoms with Crippen LogP contribution in [-0.4, -0.2) is 81.7 Å². The first-order chi connectivity index (χ1) is 15.9. The van der Waals surface area contributed by atoms with Crippen molar-refractivity contribution in [3.05, 3.63) is 52.5 Å². The van der Waals surface area contributed by atoms with Crippen LogP contribution in [0.4, 0.5) is 11.4 Å². The van der Waals surface area contributed by atoms with Gasteiger partial charge in [0.25, 0.3) is 0 Å². The number of rotatable bonds is 7. The minimum atomic E-state index is 0.137. The Morgan fingerprint density at radius 3 is 2.58 bits per heavy atom. The summed E-state index contributed by atoms with van der Waals surface area (Å²) in [5, 5.41) is 1.01. The Balaban J connectivity index is 1.47. The second-order valence-electron chi connectivity index (χ2n) is 8.85. The molecular formula is C25H32Cl2N4O2. The van der Waals surface area contributed by atoms with E-state index in [1.54, 1.807) is 19.2 Å². The molecule has 1 atom stereocenters. The van der Waals surface area contributed by atoms with Crippen LogP contribution in [0.25, 0.3) is 0 Å². The molecule has 178 valence electrons. The molecule has 8 heteroatoms. The molecular weight excluding hydrogens is 459 g/mol. The normalized spacial score (nSPS) is 19.1. The molecule has 2 aromatic carbocycles. The van der Waals surface area contributed by atoms with Crippen LogP contribution in [0.3, 0.4) is 0 Å². The molecule has 2 fully saturated rings. The van der Waals surface area contributed by atoms with Gasteiger partial charge in [-0.2, -0.15) is 0 Å². The number of carbonyl (C=O) groups is 1. The number of halogens is 2. The van der Waals surface area contributed by atoms with Crippen molar-refractivity contribution in [2.75, 3.05) is 69.8 Å². The second-order valence-corrected chi connectivity index (χ2v) is 9.67. The molecule has 0 bridgehead atoms. The summed E-state index contributed by atoms with van der Waals surface area (Å²) in [7, 11) is 3.61. The molecule has 2 heterocycles. The van der Waals surface area contributed by atoms with Gasteiger partial charge in [0.15, 0.2) is 0 Å². The maximum Gasteiger partial charge on any atom is 0.242 e. The Hall–Kier alpha value is -2.15. The van der Waals surface area contributed by atoms with Crippen LogP contribution in [-0.2, 0) is 4.79 Å². The minimum absolute atomic E-state index is 0.137. The van der Waals surface area contributed by atoms with Crippen LogP contribution >= 0.6 is 23.2 Å². The monoisotopic (exact) mass is 490 g/mol. The van der Waals surface area contributed by atoms with Gasteiger partial charge in [0, 0.05) is 50.7 Å². The molecule has 2 aliphatic rings. The topological polar surface area (TPSA) is 39.3 Å². The van der Waals surface area contributed by atoms with E-state index in [2.05, 4.69) is 26.8 Å². The maximum absolute atomic E-state index is 13.4. The van der Waals surface area contributed by atoms with Crippen molar-refractivity contribution in [1.29, 1.82) is 0 Å². The zero-order chi connectivity index (χ0) is 23.4. The predicted molar refractivity (Wildman–Crippen MR) is 136 cm³/mol. The van der Waals surface area contributed by atoms with E-state index in [0.717, 1.165) is 49.8 Å². The van der Waals surface area contributed by atoms with Gasteiger partial charge < -0.3 is 24.3 Å². The van der Waals surface area contributed by atoms with Crippen molar-refractivity contribution in [2.24, 2.45) is 0 Å². The molecule has 0 spiro atoms. The van der Waals surface area contributed by atoms with Crippen molar-refractivity contribution < 1.29 is 9.53 Å². The summed E-state index contributed by atoms with van der Waals surface area (Å²) < 4.78 is 5.42. The number of carbonyl (C=O) groups excluding carboxylic acids is 1. The van der Waals surface area contributed by atoms with Crippen LogP contribution in [0.1, 0.15) is 12.8 Å². The molecule has 0 aliphatic carbocycles. The molecule has 1 amide bonds. The van der Waals surface area contributed by atoms with Gasteiger partial charge in [-0.15, -0.1) is 0 Å². The van der Waals surface area contributed by atoms with Crippen LogP contribution in [0.5, 0.6) is 5.75 Å². The van der Waals surface area contributed by atoms with Crippen molar-refractivity contribution in [3.63, 3.8) is 0 Å². The first-order valence-corrected chi connectivity index (χ1v) is 12.3. The highest BCUT2D eigenvalue weighted by molar-refractivity contribution is 6.42. The second kappa shape index (κ2) is 10.9. The number of hydrogen-bond donors (Lipinski definition) is 0. The maximum atomic E-state index is 13.4. The summed E-state index contributed by atoms with van der Waals surface area (Å²) in [4.78, 5) is 22.3. The van der Waals surface area contributed by atoms with Gasteiger partial charge >= 0.3 is 0 Å². The van der Waals surface area contributed by atoms with E-state index in [1.807, 2.05) is 30.1 Å². The summed E-state index contributed by atoms with van der Waals surface area (Å²) in [5.74, 6) is 0.989. The van der Waals surface area contributed by atoms with Crippen LogP contribution < -0.4 is 14.5 Å². The number of likely N-dealkylation sites (N-methyl/N-ethyl adjacent to an activating group) is 1. The largest absolute Gasteiger partial charge is 0.497 e. The number of likely N-dealkylation sites (tertiary alicyclic amines) is 1. The molecule has 0 radical (unpaired) electrons. The Bertz CT molecular complexity index is 967. The molecule has 4 rings (SSSR count). The van der Waals surface area contributed by atoms with Crippen molar-refractivity contribution in [1.82, 2.24) is 9.80 Å². The highest BCUT2D eigenvalue weighted by atomic mass is 35.5. The Morgan fingerprint density at radius 2 is 1.85 bits per heavy atom. The first kappa shape index (κ1) is 24.0. The van der Waals surface area contributed by atoms with Crippen LogP contribution in [0.2, 0.25) is 10.0 Å². The van der Waals surface area contributed by atoms with E-state index >= 15 is 0 Å². The standard InChI is InChI=1S/C25H32Cl2N4O2/c1-28(19-8-9-23(26)24(27)15-19)18-25(32)31-13-12-30(20-6-5-7-22(14-20)33-2)17-21(31)16-29-10-3-4-11-29/h5-9,14-15,21H,3-4,10-13,16-18H2,1-2H3.